The molecule has 0 bridgehead atoms. The average molecular weight is 470 g/mol. The fourth-order valence-electron chi connectivity index (χ4n) is 3.30. The number of para-hydroxylation sites is 2. The molecule has 3 aromatic carbocycles. The van der Waals surface area contributed by atoms with Crippen molar-refractivity contribution in [2.24, 2.45) is 0 Å². The summed E-state index contributed by atoms with van der Waals surface area (Å²) >= 11 is 6.14. The molecular formula is C25H28ClNO4Si. The van der Waals surface area contributed by atoms with Crippen molar-refractivity contribution in [1.82, 2.24) is 0 Å². The predicted molar refractivity (Wildman–Crippen MR) is 131 cm³/mol. The number of Topliss-reactive ketones (excluding diaryl/α,β-unsaturated/α-hetero) is 1. The zero-order valence-corrected chi connectivity index (χ0v) is 20.7. The van der Waals surface area contributed by atoms with Crippen LogP contribution in [0.25, 0.3) is 0 Å². The van der Waals surface area contributed by atoms with E-state index >= 15 is 0 Å². The van der Waals surface area contributed by atoms with Gasteiger partial charge in [-0.2, -0.15) is 0 Å². The first-order chi connectivity index (χ1) is 15.2. The minimum absolute atomic E-state index is 0.112. The number of benzene rings is 3. The Morgan fingerprint density at radius 1 is 0.875 bits per heavy atom. The van der Waals surface area contributed by atoms with Crippen molar-refractivity contribution < 1.29 is 18.8 Å². The molecule has 3 aromatic rings. The van der Waals surface area contributed by atoms with Gasteiger partial charge in [-0.05, 0) is 73.7 Å². The highest BCUT2D eigenvalue weighted by Gasteiger charge is 2.35. The normalized spacial score (nSPS) is 12.2. The second-order valence-corrected chi connectivity index (χ2v) is 13.1. The van der Waals surface area contributed by atoms with E-state index in [0.717, 1.165) is 5.56 Å². The highest BCUT2D eigenvalue weighted by molar-refractivity contribution is 6.69. The molecule has 1 unspecified atom stereocenters. The van der Waals surface area contributed by atoms with E-state index in [4.69, 9.17) is 25.6 Å². The largest absolute Gasteiger partial charge is 0.497 e. The van der Waals surface area contributed by atoms with Gasteiger partial charge in [0.05, 0.1) is 14.2 Å². The van der Waals surface area contributed by atoms with Crippen LogP contribution in [0, 0.1) is 0 Å². The molecule has 0 saturated carbocycles. The maximum Gasteiger partial charge on any atom is 0.220 e. The fourth-order valence-corrected chi connectivity index (χ4v) is 4.22. The Kier molecular flexibility index (Phi) is 7.61. The van der Waals surface area contributed by atoms with Gasteiger partial charge in [-0.25, -0.2) is 5.06 Å². The summed E-state index contributed by atoms with van der Waals surface area (Å²) in [7, 11) is 1.07. The second-order valence-electron chi connectivity index (χ2n) is 8.25. The van der Waals surface area contributed by atoms with Crippen LogP contribution in [0.5, 0.6) is 11.5 Å². The fraction of sp³-hybridized carbons (Fsp3) is 0.240. The minimum atomic E-state index is -2.13. The Hall–Kier alpha value is -2.80. The van der Waals surface area contributed by atoms with Crippen LogP contribution in [0.1, 0.15) is 22.0 Å². The third-order valence-corrected chi connectivity index (χ3v) is 5.73. The quantitative estimate of drug-likeness (QED) is 0.202. The van der Waals surface area contributed by atoms with Gasteiger partial charge in [-0.3, -0.25) is 4.79 Å². The zero-order chi connectivity index (χ0) is 23.3. The molecule has 7 heteroatoms. The number of carbonyl (C=O) groups is 1. The van der Waals surface area contributed by atoms with E-state index in [2.05, 4.69) is 19.6 Å². The van der Waals surface area contributed by atoms with Crippen molar-refractivity contribution in [2.75, 3.05) is 19.3 Å². The lowest BCUT2D eigenvalue weighted by Crippen LogP contribution is -2.42. The van der Waals surface area contributed by atoms with Gasteiger partial charge in [-0.1, -0.05) is 35.9 Å². The van der Waals surface area contributed by atoms with Crippen LogP contribution in [-0.2, 0) is 4.53 Å². The molecule has 0 aromatic heterocycles. The van der Waals surface area contributed by atoms with Crippen molar-refractivity contribution in [1.29, 1.82) is 0 Å². The molecule has 0 heterocycles. The monoisotopic (exact) mass is 469 g/mol. The molecule has 0 fully saturated rings. The maximum atomic E-state index is 13.9. The van der Waals surface area contributed by atoms with Crippen LogP contribution < -0.4 is 14.5 Å². The SMILES string of the molecule is COc1ccc(C(=O)C(c2ccc(Cl)cc2)N(O[Si](C)(C)C)c2ccccc2OC)cc1. The Morgan fingerprint density at radius 2 is 1.50 bits per heavy atom. The van der Waals surface area contributed by atoms with Gasteiger partial charge >= 0.3 is 0 Å². The van der Waals surface area contributed by atoms with Crippen molar-refractivity contribution in [3.63, 3.8) is 0 Å². The summed E-state index contributed by atoms with van der Waals surface area (Å²) in [5, 5.41) is 2.29. The van der Waals surface area contributed by atoms with E-state index in [0.29, 0.717) is 27.8 Å². The highest BCUT2D eigenvalue weighted by Crippen LogP contribution is 2.38. The van der Waals surface area contributed by atoms with Gasteiger partial charge in [0.15, 0.2) is 5.78 Å². The number of anilines is 1. The van der Waals surface area contributed by atoms with E-state index in [1.807, 2.05) is 36.4 Å². The van der Waals surface area contributed by atoms with Gasteiger partial charge in [0.1, 0.15) is 23.2 Å². The Bertz CT molecular complexity index is 1050. The number of hydroxylamine groups is 1. The molecule has 3 rings (SSSR count). The van der Waals surface area contributed by atoms with E-state index in [1.54, 1.807) is 55.7 Å². The van der Waals surface area contributed by atoms with Crippen LogP contribution >= 0.6 is 11.6 Å². The third kappa shape index (κ3) is 5.71. The van der Waals surface area contributed by atoms with E-state index in [9.17, 15) is 4.79 Å². The lowest BCUT2D eigenvalue weighted by molar-refractivity contribution is 0.0905. The molecule has 0 spiro atoms. The molecular weight excluding hydrogens is 442 g/mol. The van der Waals surface area contributed by atoms with Gasteiger partial charge in [-0.15, -0.1) is 0 Å². The topological polar surface area (TPSA) is 48.0 Å². The van der Waals surface area contributed by atoms with Crippen LogP contribution in [0.4, 0.5) is 5.69 Å². The molecule has 0 saturated heterocycles. The number of ketones is 1. The number of hydrogen-bond acceptors (Lipinski definition) is 5. The second kappa shape index (κ2) is 10.2. The molecule has 0 aliphatic rings. The lowest BCUT2D eigenvalue weighted by atomic mass is 9.96. The number of carbonyl (C=O) groups excluding carboxylic acids is 1. The first-order valence-corrected chi connectivity index (χ1v) is 14.1. The summed E-state index contributed by atoms with van der Waals surface area (Å²) in [6, 6.07) is 21.1. The van der Waals surface area contributed by atoms with Crippen LogP contribution in [0.15, 0.2) is 72.8 Å². The highest BCUT2D eigenvalue weighted by atomic mass is 35.5. The molecule has 0 aliphatic heterocycles. The van der Waals surface area contributed by atoms with Crippen molar-refractivity contribution in [3.05, 3.63) is 88.9 Å². The zero-order valence-electron chi connectivity index (χ0n) is 19.0. The van der Waals surface area contributed by atoms with Crippen LogP contribution in [0.3, 0.4) is 0 Å². The van der Waals surface area contributed by atoms with Crippen molar-refractivity contribution in [2.45, 2.75) is 25.7 Å². The molecule has 5 nitrogen and oxygen atoms in total. The summed E-state index contributed by atoms with van der Waals surface area (Å²) in [5.74, 6) is 1.19. The Labute approximate surface area is 195 Å². The van der Waals surface area contributed by atoms with Crippen LogP contribution in [0.2, 0.25) is 24.7 Å². The summed E-state index contributed by atoms with van der Waals surface area (Å²) in [5.41, 5.74) is 1.99. The number of methoxy groups -OCH3 is 2. The van der Waals surface area contributed by atoms with Crippen LogP contribution in [-0.4, -0.2) is 28.3 Å². The predicted octanol–water partition coefficient (Wildman–Crippen LogP) is 6.55. The summed E-state index contributed by atoms with van der Waals surface area (Å²) < 4.78 is 17.4. The van der Waals surface area contributed by atoms with E-state index < -0.39 is 14.4 Å². The smallest absolute Gasteiger partial charge is 0.220 e. The van der Waals surface area contributed by atoms with E-state index in [-0.39, 0.29) is 5.78 Å². The van der Waals surface area contributed by atoms with Gasteiger partial charge in [0.2, 0.25) is 8.32 Å². The molecule has 0 N–H and O–H groups in total. The summed E-state index contributed by atoms with van der Waals surface area (Å²) in [6.45, 7) is 6.23. The summed E-state index contributed by atoms with van der Waals surface area (Å²) in [6.07, 6.45) is 0. The minimum Gasteiger partial charge on any atom is -0.497 e. The number of halogens is 1. The van der Waals surface area contributed by atoms with Gasteiger partial charge < -0.3 is 14.0 Å². The molecule has 0 radical (unpaired) electrons. The van der Waals surface area contributed by atoms with E-state index in [1.165, 1.54) is 0 Å². The molecule has 0 aliphatic carbocycles. The lowest BCUT2D eigenvalue weighted by Gasteiger charge is -2.37. The maximum absolute atomic E-state index is 13.9. The Balaban J connectivity index is 2.18. The number of nitrogens with zero attached hydrogens (tertiary/aromatic N) is 1. The number of ether oxygens (including phenoxy) is 2. The average Bonchev–Trinajstić information content (AvgIpc) is 2.79. The molecule has 32 heavy (non-hydrogen) atoms. The standard InChI is InChI=1S/C25H28ClNO4Si/c1-29-21-16-12-19(13-17-21)25(28)24(18-10-14-20(26)15-11-18)27(31-32(3,4)5)22-8-6-7-9-23(22)30-2/h6-17,24H,1-5H3. The van der Waals surface area contributed by atoms with Gasteiger partial charge in [0, 0.05) is 10.6 Å². The molecule has 1 atom stereocenters. The first-order valence-electron chi connectivity index (χ1n) is 10.3. The Morgan fingerprint density at radius 3 is 2.06 bits per heavy atom. The number of hydrogen-bond donors (Lipinski definition) is 0. The molecule has 0 amide bonds. The first kappa shape index (κ1) is 23.9. The third-order valence-electron chi connectivity index (χ3n) is 4.74. The molecule has 168 valence electrons. The van der Waals surface area contributed by atoms with Gasteiger partial charge in [0.25, 0.3) is 0 Å². The summed E-state index contributed by atoms with van der Waals surface area (Å²) in [4.78, 5) is 13.9. The van der Waals surface area contributed by atoms with Crippen molar-refractivity contribution in [3.8, 4) is 11.5 Å². The number of rotatable bonds is 9. The van der Waals surface area contributed by atoms with Crippen molar-refractivity contribution >= 4 is 31.4 Å².